The van der Waals surface area contributed by atoms with Crippen molar-refractivity contribution in [3.8, 4) is 0 Å². The molecule has 1 amide bonds. The third kappa shape index (κ3) is 4.95. The van der Waals surface area contributed by atoms with E-state index in [1.165, 1.54) is 4.31 Å². The van der Waals surface area contributed by atoms with Crippen LogP contribution in [0.2, 0.25) is 0 Å². The predicted octanol–water partition coefficient (Wildman–Crippen LogP) is 1.84. The molecule has 1 aliphatic rings. The summed E-state index contributed by atoms with van der Waals surface area (Å²) in [5, 5.41) is 3.12. The molecule has 0 saturated carbocycles. The van der Waals surface area contributed by atoms with Gasteiger partial charge in [-0.1, -0.05) is 27.7 Å². The average Bonchev–Trinajstić information content (AvgIpc) is 2.43. The van der Waals surface area contributed by atoms with Crippen LogP contribution in [0.25, 0.3) is 0 Å². The lowest BCUT2D eigenvalue weighted by molar-refractivity contribution is -0.127. The molecule has 1 heterocycles. The highest BCUT2D eigenvalue weighted by Crippen LogP contribution is 2.21. The van der Waals surface area contributed by atoms with Crippen LogP contribution in [-0.4, -0.2) is 43.5 Å². The lowest BCUT2D eigenvalue weighted by Crippen LogP contribution is -2.50. The molecule has 0 aliphatic carbocycles. The van der Waals surface area contributed by atoms with Gasteiger partial charge in [0.15, 0.2) is 0 Å². The molecular formula is C15H30N2O3S. The summed E-state index contributed by atoms with van der Waals surface area (Å²) in [5.41, 5.74) is 0. The second-order valence-corrected chi connectivity index (χ2v) is 8.88. The van der Waals surface area contributed by atoms with Gasteiger partial charge in [0.05, 0.1) is 11.7 Å². The molecule has 0 unspecified atom stereocenters. The number of nitrogens with one attached hydrogen (secondary N) is 1. The Labute approximate surface area is 129 Å². The monoisotopic (exact) mass is 318 g/mol. The summed E-state index contributed by atoms with van der Waals surface area (Å²) < 4.78 is 25.4. The SMILES string of the molecule is CCS(=O)(=O)N1CCC[C@H](C(=O)NC(C(C)C)C(C)C)C1. The molecular weight excluding hydrogens is 288 g/mol. The van der Waals surface area contributed by atoms with E-state index in [1.54, 1.807) is 6.92 Å². The van der Waals surface area contributed by atoms with E-state index in [2.05, 4.69) is 33.0 Å². The van der Waals surface area contributed by atoms with Crippen LogP contribution in [-0.2, 0) is 14.8 Å². The number of hydrogen-bond acceptors (Lipinski definition) is 3. The predicted molar refractivity (Wildman–Crippen MR) is 85.4 cm³/mol. The summed E-state index contributed by atoms with van der Waals surface area (Å²) in [5.74, 6) is 0.613. The first kappa shape index (κ1) is 18.4. The molecule has 5 nitrogen and oxygen atoms in total. The lowest BCUT2D eigenvalue weighted by Gasteiger charge is -2.33. The highest BCUT2D eigenvalue weighted by atomic mass is 32.2. The van der Waals surface area contributed by atoms with Crippen molar-refractivity contribution in [3.05, 3.63) is 0 Å². The van der Waals surface area contributed by atoms with E-state index >= 15 is 0 Å². The third-order valence-electron chi connectivity index (χ3n) is 4.26. The molecule has 1 aliphatic heterocycles. The largest absolute Gasteiger partial charge is 0.353 e. The zero-order valence-electron chi connectivity index (χ0n) is 13.9. The summed E-state index contributed by atoms with van der Waals surface area (Å²) in [7, 11) is -3.20. The van der Waals surface area contributed by atoms with Crippen molar-refractivity contribution in [3.63, 3.8) is 0 Å². The van der Waals surface area contributed by atoms with Crippen LogP contribution in [0.1, 0.15) is 47.5 Å². The molecule has 1 saturated heterocycles. The molecule has 124 valence electrons. The highest BCUT2D eigenvalue weighted by molar-refractivity contribution is 7.89. The first-order chi connectivity index (χ1) is 9.69. The minimum atomic E-state index is -3.20. The standard InChI is InChI=1S/C15H30N2O3S/c1-6-21(19,20)17-9-7-8-13(10-17)15(18)16-14(11(2)3)12(4)5/h11-14H,6-10H2,1-5H3,(H,16,18)/t13-/m0/s1. The van der Waals surface area contributed by atoms with E-state index in [0.29, 0.717) is 24.9 Å². The molecule has 0 aromatic rings. The third-order valence-corrected chi connectivity index (χ3v) is 6.11. The number of piperidine rings is 1. The van der Waals surface area contributed by atoms with Crippen LogP contribution in [0.3, 0.4) is 0 Å². The van der Waals surface area contributed by atoms with Gasteiger partial charge in [0.1, 0.15) is 0 Å². The summed E-state index contributed by atoms with van der Waals surface area (Å²) >= 11 is 0. The van der Waals surface area contributed by atoms with Crippen LogP contribution >= 0.6 is 0 Å². The Kier molecular flexibility index (Phi) is 6.66. The van der Waals surface area contributed by atoms with Crippen molar-refractivity contribution in [1.29, 1.82) is 0 Å². The van der Waals surface area contributed by atoms with Crippen molar-refractivity contribution in [2.75, 3.05) is 18.8 Å². The number of nitrogens with zero attached hydrogens (tertiary/aromatic N) is 1. The second kappa shape index (κ2) is 7.58. The van der Waals surface area contributed by atoms with E-state index in [0.717, 1.165) is 12.8 Å². The Bertz CT molecular complexity index is 438. The molecule has 0 spiro atoms. The lowest BCUT2D eigenvalue weighted by atomic mass is 9.91. The molecule has 0 bridgehead atoms. The molecule has 1 fully saturated rings. The van der Waals surface area contributed by atoms with Gasteiger partial charge in [0, 0.05) is 19.1 Å². The average molecular weight is 318 g/mol. The van der Waals surface area contributed by atoms with Crippen LogP contribution in [0, 0.1) is 17.8 Å². The maximum absolute atomic E-state index is 12.4. The van der Waals surface area contributed by atoms with Gasteiger partial charge in [-0.15, -0.1) is 0 Å². The highest BCUT2D eigenvalue weighted by Gasteiger charge is 2.32. The van der Waals surface area contributed by atoms with E-state index in [-0.39, 0.29) is 23.6 Å². The van der Waals surface area contributed by atoms with E-state index in [1.807, 2.05) is 0 Å². The first-order valence-electron chi connectivity index (χ1n) is 7.97. The summed E-state index contributed by atoms with van der Waals surface area (Å²) in [4.78, 5) is 12.4. The molecule has 1 atom stereocenters. The number of carbonyl (C=O) groups excluding carboxylic acids is 1. The van der Waals surface area contributed by atoms with Gasteiger partial charge >= 0.3 is 0 Å². The zero-order chi connectivity index (χ0) is 16.2. The Morgan fingerprint density at radius 2 is 1.81 bits per heavy atom. The normalized spacial score (nSPS) is 21.2. The van der Waals surface area contributed by atoms with Gasteiger partial charge in [-0.05, 0) is 31.6 Å². The maximum atomic E-state index is 12.4. The first-order valence-corrected chi connectivity index (χ1v) is 9.58. The van der Waals surface area contributed by atoms with Gasteiger partial charge < -0.3 is 5.32 Å². The Morgan fingerprint density at radius 1 is 1.24 bits per heavy atom. The minimum Gasteiger partial charge on any atom is -0.353 e. The van der Waals surface area contributed by atoms with Crippen LogP contribution in [0.5, 0.6) is 0 Å². The van der Waals surface area contributed by atoms with Crippen molar-refractivity contribution in [2.24, 2.45) is 17.8 Å². The van der Waals surface area contributed by atoms with Crippen LogP contribution < -0.4 is 5.32 Å². The summed E-state index contributed by atoms with van der Waals surface area (Å²) in [6.45, 7) is 10.9. The van der Waals surface area contributed by atoms with E-state index < -0.39 is 10.0 Å². The molecule has 21 heavy (non-hydrogen) atoms. The van der Waals surface area contributed by atoms with Crippen molar-refractivity contribution < 1.29 is 13.2 Å². The quantitative estimate of drug-likeness (QED) is 0.812. The number of sulfonamides is 1. The molecule has 0 radical (unpaired) electrons. The number of hydrogen-bond donors (Lipinski definition) is 1. The maximum Gasteiger partial charge on any atom is 0.224 e. The molecule has 6 heteroatoms. The van der Waals surface area contributed by atoms with Gasteiger partial charge in [-0.2, -0.15) is 0 Å². The van der Waals surface area contributed by atoms with Gasteiger partial charge in [-0.25, -0.2) is 12.7 Å². The Morgan fingerprint density at radius 3 is 2.29 bits per heavy atom. The van der Waals surface area contributed by atoms with E-state index in [9.17, 15) is 13.2 Å². The number of amides is 1. The molecule has 0 aromatic carbocycles. The van der Waals surface area contributed by atoms with E-state index in [4.69, 9.17) is 0 Å². The fraction of sp³-hybridized carbons (Fsp3) is 0.933. The molecule has 1 N–H and O–H groups in total. The zero-order valence-corrected chi connectivity index (χ0v) is 14.7. The number of rotatable bonds is 6. The molecule has 1 rings (SSSR count). The number of carbonyl (C=O) groups is 1. The fourth-order valence-electron chi connectivity index (χ4n) is 2.98. The Hall–Kier alpha value is -0.620. The fourth-order valence-corrected chi connectivity index (χ4v) is 4.16. The summed E-state index contributed by atoms with van der Waals surface area (Å²) in [6.07, 6.45) is 1.52. The van der Waals surface area contributed by atoms with Crippen molar-refractivity contribution >= 4 is 15.9 Å². The second-order valence-electron chi connectivity index (χ2n) is 6.62. The van der Waals surface area contributed by atoms with Crippen LogP contribution in [0.4, 0.5) is 0 Å². The van der Waals surface area contributed by atoms with Crippen molar-refractivity contribution in [1.82, 2.24) is 9.62 Å². The van der Waals surface area contributed by atoms with Crippen molar-refractivity contribution in [2.45, 2.75) is 53.5 Å². The van der Waals surface area contributed by atoms with Gasteiger partial charge in [0.2, 0.25) is 15.9 Å². The minimum absolute atomic E-state index is 0.00148. The smallest absolute Gasteiger partial charge is 0.224 e. The molecule has 0 aromatic heterocycles. The topological polar surface area (TPSA) is 66.5 Å². The van der Waals surface area contributed by atoms with Gasteiger partial charge in [-0.3, -0.25) is 4.79 Å². The van der Waals surface area contributed by atoms with Crippen LogP contribution in [0.15, 0.2) is 0 Å². The summed E-state index contributed by atoms with van der Waals surface area (Å²) in [6, 6.07) is 0.135. The van der Waals surface area contributed by atoms with Gasteiger partial charge in [0.25, 0.3) is 0 Å². The Balaban J connectivity index is 2.70.